The normalized spacial score (nSPS) is 12.2. The Morgan fingerprint density at radius 2 is 2.12 bits per heavy atom. The first-order valence-electron chi connectivity index (χ1n) is 5.63. The van der Waals surface area contributed by atoms with Gasteiger partial charge in [-0.1, -0.05) is 54.4 Å². The number of nitrogens with one attached hydrogen (secondary N) is 1. The highest BCUT2D eigenvalue weighted by Gasteiger charge is 2.07. The number of carbonyl (C=O) groups excluding carboxylic acids is 1. The van der Waals surface area contributed by atoms with Crippen molar-refractivity contribution in [3.05, 3.63) is 34.3 Å². The zero-order valence-corrected chi connectivity index (χ0v) is 11.4. The first kappa shape index (κ1) is 13.2. The molecular weight excluding hydrogens is 266 g/mol. The molecule has 0 saturated carbocycles. The van der Waals surface area contributed by atoms with Crippen LogP contribution in [0, 0.1) is 5.92 Å². The summed E-state index contributed by atoms with van der Waals surface area (Å²) in [6.07, 6.45) is 1.66. The van der Waals surface area contributed by atoms with Crippen LogP contribution >= 0.6 is 15.9 Å². The Bertz CT molecular complexity index is 352. The monoisotopic (exact) mass is 283 g/mol. The van der Waals surface area contributed by atoms with E-state index in [1.807, 2.05) is 24.3 Å². The lowest BCUT2D eigenvalue weighted by Gasteiger charge is -2.10. The van der Waals surface area contributed by atoms with E-state index in [9.17, 15) is 4.79 Å². The molecule has 16 heavy (non-hydrogen) atoms. The van der Waals surface area contributed by atoms with Crippen LogP contribution in [0.5, 0.6) is 0 Å². The number of hydrogen-bond donors (Lipinski definition) is 1. The van der Waals surface area contributed by atoms with Crippen LogP contribution in [0.3, 0.4) is 0 Å². The highest BCUT2D eigenvalue weighted by atomic mass is 79.9. The molecule has 0 aliphatic heterocycles. The van der Waals surface area contributed by atoms with Crippen LogP contribution in [0.25, 0.3) is 0 Å². The molecule has 1 unspecified atom stereocenters. The molecule has 1 aromatic carbocycles. The fraction of sp³-hybridized carbons (Fsp3) is 0.462. The van der Waals surface area contributed by atoms with Crippen LogP contribution in [0.2, 0.25) is 0 Å². The van der Waals surface area contributed by atoms with E-state index < -0.39 is 0 Å². The third-order valence-electron chi connectivity index (χ3n) is 2.66. The van der Waals surface area contributed by atoms with Gasteiger partial charge in [0, 0.05) is 17.4 Å². The number of benzene rings is 1. The second-order valence-corrected chi connectivity index (χ2v) is 4.94. The Labute approximate surface area is 106 Å². The van der Waals surface area contributed by atoms with E-state index in [1.165, 1.54) is 0 Å². The van der Waals surface area contributed by atoms with Gasteiger partial charge >= 0.3 is 0 Å². The van der Waals surface area contributed by atoms with Crippen LogP contribution in [0.4, 0.5) is 0 Å². The fourth-order valence-corrected chi connectivity index (χ4v) is 1.79. The van der Waals surface area contributed by atoms with E-state index in [0.717, 1.165) is 16.5 Å². The van der Waals surface area contributed by atoms with Gasteiger partial charge in [-0.25, -0.2) is 0 Å². The smallest absolute Gasteiger partial charge is 0.220 e. The molecule has 2 nitrogen and oxygen atoms in total. The zero-order valence-electron chi connectivity index (χ0n) is 9.79. The summed E-state index contributed by atoms with van der Waals surface area (Å²) in [5.74, 6) is 0.587. The van der Waals surface area contributed by atoms with Crippen molar-refractivity contribution in [1.29, 1.82) is 0 Å². The highest BCUT2D eigenvalue weighted by molar-refractivity contribution is 9.10. The van der Waals surface area contributed by atoms with Crippen molar-refractivity contribution in [2.75, 3.05) is 0 Å². The van der Waals surface area contributed by atoms with E-state index in [2.05, 4.69) is 35.1 Å². The molecule has 1 amide bonds. The maximum atomic E-state index is 11.6. The van der Waals surface area contributed by atoms with Gasteiger partial charge in [0.25, 0.3) is 0 Å². The number of halogens is 1. The molecule has 0 fully saturated rings. The molecule has 3 heteroatoms. The van der Waals surface area contributed by atoms with Crippen molar-refractivity contribution < 1.29 is 4.79 Å². The summed E-state index contributed by atoms with van der Waals surface area (Å²) in [5.41, 5.74) is 1.11. The van der Waals surface area contributed by atoms with Crippen LogP contribution in [-0.4, -0.2) is 5.91 Å². The van der Waals surface area contributed by atoms with Gasteiger partial charge in [-0.05, 0) is 17.5 Å². The van der Waals surface area contributed by atoms with Gasteiger partial charge in [0.15, 0.2) is 0 Å². The van der Waals surface area contributed by atoms with Crippen molar-refractivity contribution in [1.82, 2.24) is 5.32 Å². The van der Waals surface area contributed by atoms with Crippen LogP contribution < -0.4 is 5.32 Å². The van der Waals surface area contributed by atoms with Crippen LogP contribution in [-0.2, 0) is 11.3 Å². The standard InChI is InChI=1S/C13H18BrNO/c1-3-10(2)8-13(16)15-9-11-6-4-5-7-12(11)14/h4-7,10H,3,8-9H2,1-2H3,(H,15,16). The second-order valence-electron chi connectivity index (χ2n) is 4.09. The predicted molar refractivity (Wildman–Crippen MR) is 70.1 cm³/mol. The first-order valence-corrected chi connectivity index (χ1v) is 6.43. The molecule has 1 aromatic rings. The van der Waals surface area contributed by atoms with Crippen LogP contribution in [0.15, 0.2) is 28.7 Å². The molecule has 0 aliphatic carbocycles. The topological polar surface area (TPSA) is 29.1 Å². The number of carbonyl (C=O) groups is 1. The summed E-state index contributed by atoms with van der Waals surface area (Å²) >= 11 is 3.46. The molecule has 0 radical (unpaired) electrons. The van der Waals surface area contributed by atoms with Gasteiger partial charge in [0.2, 0.25) is 5.91 Å². The van der Waals surface area contributed by atoms with E-state index >= 15 is 0 Å². The molecule has 1 rings (SSSR count). The molecule has 88 valence electrons. The average Bonchev–Trinajstić information content (AvgIpc) is 2.28. The number of amides is 1. The Morgan fingerprint density at radius 3 is 2.75 bits per heavy atom. The Kier molecular flexibility index (Phi) is 5.53. The Hall–Kier alpha value is -0.830. The first-order chi connectivity index (χ1) is 7.63. The molecular formula is C13H18BrNO. The summed E-state index contributed by atoms with van der Waals surface area (Å²) in [4.78, 5) is 11.6. The summed E-state index contributed by atoms with van der Waals surface area (Å²) in [6, 6.07) is 7.93. The number of rotatable bonds is 5. The van der Waals surface area contributed by atoms with Crippen molar-refractivity contribution in [2.24, 2.45) is 5.92 Å². The molecule has 1 N–H and O–H groups in total. The summed E-state index contributed by atoms with van der Waals surface area (Å²) in [5, 5.41) is 2.94. The van der Waals surface area contributed by atoms with Gasteiger partial charge < -0.3 is 5.32 Å². The third kappa shape index (κ3) is 4.35. The van der Waals surface area contributed by atoms with Gasteiger partial charge in [-0.2, -0.15) is 0 Å². The summed E-state index contributed by atoms with van der Waals surface area (Å²) < 4.78 is 1.04. The zero-order chi connectivity index (χ0) is 12.0. The van der Waals surface area contributed by atoms with Gasteiger partial charge in [-0.3, -0.25) is 4.79 Å². The molecule has 0 spiro atoms. The van der Waals surface area contributed by atoms with Crippen LogP contribution in [0.1, 0.15) is 32.3 Å². The molecule has 1 atom stereocenters. The lowest BCUT2D eigenvalue weighted by molar-refractivity contribution is -0.122. The molecule has 0 bridgehead atoms. The van der Waals surface area contributed by atoms with Gasteiger partial charge in [0.1, 0.15) is 0 Å². The molecule has 0 aliphatic rings. The SMILES string of the molecule is CCC(C)CC(=O)NCc1ccccc1Br. The highest BCUT2D eigenvalue weighted by Crippen LogP contribution is 2.15. The second kappa shape index (κ2) is 6.69. The maximum absolute atomic E-state index is 11.6. The van der Waals surface area contributed by atoms with Gasteiger partial charge in [0.05, 0.1) is 0 Å². The van der Waals surface area contributed by atoms with Crippen molar-refractivity contribution in [2.45, 2.75) is 33.2 Å². The third-order valence-corrected chi connectivity index (χ3v) is 3.44. The van der Waals surface area contributed by atoms with E-state index in [1.54, 1.807) is 0 Å². The molecule has 0 saturated heterocycles. The summed E-state index contributed by atoms with van der Waals surface area (Å²) in [6.45, 7) is 4.79. The largest absolute Gasteiger partial charge is 0.352 e. The lowest BCUT2D eigenvalue weighted by Crippen LogP contribution is -2.24. The molecule has 0 aromatic heterocycles. The van der Waals surface area contributed by atoms with E-state index in [-0.39, 0.29) is 5.91 Å². The van der Waals surface area contributed by atoms with Crippen molar-refractivity contribution in [3.8, 4) is 0 Å². The minimum Gasteiger partial charge on any atom is -0.352 e. The minimum atomic E-state index is 0.130. The molecule has 0 heterocycles. The lowest BCUT2D eigenvalue weighted by atomic mass is 10.1. The number of hydrogen-bond acceptors (Lipinski definition) is 1. The maximum Gasteiger partial charge on any atom is 0.220 e. The van der Waals surface area contributed by atoms with Crippen molar-refractivity contribution >= 4 is 21.8 Å². The average molecular weight is 284 g/mol. The minimum absolute atomic E-state index is 0.130. The van der Waals surface area contributed by atoms with Gasteiger partial charge in [-0.15, -0.1) is 0 Å². The van der Waals surface area contributed by atoms with E-state index in [4.69, 9.17) is 0 Å². The quantitative estimate of drug-likeness (QED) is 0.881. The van der Waals surface area contributed by atoms with E-state index in [0.29, 0.717) is 18.9 Å². The Morgan fingerprint density at radius 1 is 1.44 bits per heavy atom. The summed E-state index contributed by atoms with van der Waals surface area (Å²) in [7, 11) is 0. The Balaban J connectivity index is 2.40. The fourth-order valence-electron chi connectivity index (χ4n) is 1.37. The predicted octanol–water partition coefficient (Wildman–Crippen LogP) is 3.50. The van der Waals surface area contributed by atoms with Crippen molar-refractivity contribution in [3.63, 3.8) is 0 Å².